The Balaban J connectivity index is 2.41. The van der Waals surface area contributed by atoms with Crippen molar-refractivity contribution in [3.63, 3.8) is 0 Å². The van der Waals surface area contributed by atoms with E-state index >= 15 is 0 Å². The van der Waals surface area contributed by atoms with Crippen LogP contribution in [-0.2, 0) is 17.2 Å². The maximum absolute atomic E-state index is 14.3. The van der Waals surface area contributed by atoms with Gasteiger partial charge in [0, 0.05) is 16.7 Å². The largest absolute Gasteiger partial charge is 0.434 e. The molecule has 0 aliphatic rings. The normalized spacial score (nSPS) is 12.4. The summed E-state index contributed by atoms with van der Waals surface area (Å²) < 4.78 is 76.9. The molecule has 1 heterocycles. The molecule has 0 N–H and O–H groups in total. The van der Waals surface area contributed by atoms with Gasteiger partial charge in [0.05, 0.1) is 12.2 Å². The van der Waals surface area contributed by atoms with E-state index in [4.69, 9.17) is 4.43 Å². The summed E-state index contributed by atoms with van der Waals surface area (Å²) in [7, 11) is -2.28. The second kappa shape index (κ2) is 10.6. The van der Waals surface area contributed by atoms with Gasteiger partial charge in [0.1, 0.15) is 5.69 Å². The quantitative estimate of drug-likeness (QED) is 0.170. The molecule has 0 aliphatic heterocycles. The van der Waals surface area contributed by atoms with E-state index in [0.717, 1.165) is 5.56 Å². The first-order valence-electron chi connectivity index (χ1n) is 11.5. The van der Waals surface area contributed by atoms with Gasteiger partial charge >= 0.3 is 6.18 Å². The fraction of sp³-hybridized carbons (Fsp3) is 0.333. The lowest BCUT2D eigenvalue weighted by Crippen LogP contribution is -2.27. The standard InChI is InChI=1S/C27H28F5NO2Si/c1-16(2)17-11-13-19(14-12-17)24(34)22-21(18-9-7-6-8-10-18)20(15-35-36(3,4)5)23(26(28)29)33-25(22)27(30,31)32/h6-14,16,26H,15H2,1-5H3. The van der Waals surface area contributed by atoms with Crippen molar-refractivity contribution in [2.45, 2.75) is 58.6 Å². The van der Waals surface area contributed by atoms with Gasteiger partial charge in [-0.25, -0.2) is 13.8 Å². The molecule has 0 radical (unpaired) electrons. The van der Waals surface area contributed by atoms with E-state index < -0.39 is 50.3 Å². The minimum atomic E-state index is -5.14. The second-order valence-corrected chi connectivity index (χ2v) is 14.3. The minimum absolute atomic E-state index is 0.00532. The smallest absolute Gasteiger partial charge is 0.413 e. The zero-order chi connectivity index (χ0) is 26.8. The molecule has 1 aromatic heterocycles. The molecule has 0 atom stereocenters. The number of hydrogen-bond donors (Lipinski definition) is 0. The van der Waals surface area contributed by atoms with Gasteiger partial charge in [-0.3, -0.25) is 4.79 Å². The Labute approximate surface area is 208 Å². The van der Waals surface area contributed by atoms with Gasteiger partial charge in [-0.1, -0.05) is 68.4 Å². The molecule has 2 aromatic carbocycles. The number of hydrogen-bond acceptors (Lipinski definition) is 3. The summed E-state index contributed by atoms with van der Waals surface area (Å²) in [5.41, 5.74) is -2.77. The molecule has 3 rings (SSSR count). The Morgan fingerprint density at radius 1 is 0.972 bits per heavy atom. The fourth-order valence-corrected chi connectivity index (χ4v) is 4.35. The molecule has 3 nitrogen and oxygen atoms in total. The summed E-state index contributed by atoms with van der Waals surface area (Å²) in [6.07, 6.45) is -8.45. The van der Waals surface area contributed by atoms with Gasteiger partial charge in [0.15, 0.2) is 19.8 Å². The number of halogens is 5. The zero-order valence-electron chi connectivity index (χ0n) is 20.7. The highest BCUT2D eigenvalue weighted by atomic mass is 28.4. The number of rotatable bonds is 8. The van der Waals surface area contributed by atoms with Crippen molar-refractivity contribution >= 4 is 14.1 Å². The molecule has 0 spiro atoms. The van der Waals surface area contributed by atoms with Crippen LogP contribution in [0.1, 0.15) is 64.6 Å². The van der Waals surface area contributed by atoms with Crippen LogP contribution >= 0.6 is 0 Å². The van der Waals surface area contributed by atoms with Crippen LogP contribution in [0.15, 0.2) is 54.6 Å². The first kappa shape index (κ1) is 27.7. The van der Waals surface area contributed by atoms with Crippen LogP contribution in [0.5, 0.6) is 0 Å². The van der Waals surface area contributed by atoms with E-state index in [1.807, 2.05) is 33.5 Å². The van der Waals surface area contributed by atoms with E-state index in [1.165, 1.54) is 24.3 Å². The SMILES string of the molecule is CC(C)c1ccc(C(=O)c2c(C(F)(F)F)nc(C(F)F)c(CO[Si](C)(C)C)c2-c2ccccc2)cc1. The van der Waals surface area contributed by atoms with Gasteiger partial charge in [-0.05, 0) is 36.7 Å². The third-order valence-corrected chi connectivity index (χ3v) is 6.59. The number of pyridine rings is 1. The molecular weight excluding hydrogens is 493 g/mol. The van der Waals surface area contributed by atoms with Crippen LogP contribution in [0.2, 0.25) is 19.6 Å². The molecule has 9 heteroatoms. The minimum Gasteiger partial charge on any atom is -0.413 e. The molecule has 0 saturated heterocycles. The van der Waals surface area contributed by atoms with Gasteiger partial charge in [-0.2, -0.15) is 13.2 Å². The summed E-state index contributed by atoms with van der Waals surface area (Å²) in [6.45, 7) is 9.00. The lowest BCUT2D eigenvalue weighted by molar-refractivity contribution is -0.141. The maximum atomic E-state index is 14.3. The first-order chi connectivity index (χ1) is 16.7. The van der Waals surface area contributed by atoms with Crippen LogP contribution in [0, 0.1) is 0 Å². The molecule has 36 heavy (non-hydrogen) atoms. The fourth-order valence-electron chi connectivity index (χ4n) is 3.77. The Bertz CT molecular complexity index is 1220. The third-order valence-electron chi connectivity index (χ3n) is 5.58. The number of benzene rings is 2. The predicted octanol–water partition coefficient (Wildman–Crippen LogP) is 8.41. The van der Waals surface area contributed by atoms with Crippen molar-refractivity contribution in [3.05, 3.63) is 88.2 Å². The van der Waals surface area contributed by atoms with Crippen LogP contribution in [-0.4, -0.2) is 19.1 Å². The number of nitrogens with zero attached hydrogens (tertiary/aromatic N) is 1. The van der Waals surface area contributed by atoms with E-state index in [2.05, 4.69) is 4.98 Å². The summed E-state index contributed by atoms with van der Waals surface area (Å²) in [4.78, 5) is 17.0. The van der Waals surface area contributed by atoms with Crippen molar-refractivity contribution in [2.24, 2.45) is 0 Å². The number of aromatic nitrogens is 1. The molecule has 0 saturated carbocycles. The lowest BCUT2D eigenvalue weighted by Gasteiger charge is -2.24. The van der Waals surface area contributed by atoms with Crippen LogP contribution in [0.25, 0.3) is 11.1 Å². The third kappa shape index (κ3) is 6.25. The summed E-state index contributed by atoms with van der Waals surface area (Å²) in [5, 5.41) is 0. The topological polar surface area (TPSA) is 39.2 Å². The highest BCUT2D eigenvalue weighted by Gasteiger charge is 2.42. The number of carbonyl (C=O) groups excluding carboxylic acids is 1. The Morgan fingerprint density at radius 3 is 2.03 bits per heavy atom. The molecule has 0 aliphatic carbocycles. The van der Waals surface area contributed by atoms with Crippen molar-refractivity contribution < 1.29 is 31.2 Å². The van der Waals surface area contributed by atoms with Gasteiger partial charge in [0.25, 0.3) is 6.43 Å². The highest BCUT2D eigenvalue weighted by molar-refractivity contribution is 6.69. The van der Waals surface area contributed by atoms with Gasteiger partial charge in [-0.15, -0.1) is 0 Å². The second-order valence-electron chi connectivity index (χ2n) is 9.75. The molecule has 0 bridgehead atoms. The molecule has 3 aromatic rings. The Hall–Kier alpha value is -2.91. The molecule has 0 fully saturated rings. The molecular formula is C27H28F5NO2Si. The van der Waals surface area contributed by atoms with Crippen LogP contribution in [0.3, 0.4) is 0 Å². The highest BCUT2D eigenvalue weighted by Crippen LogP contribution is 2.42. The van der Waals surface area contributed by atoms with E-state index in [-0.39, 0.29) is 28.2 Å². The molecule has 192 valence electrons. The van der Waals surface area contributed by atoms with Crippen molar-refractivity contribution in [1.82, 2.24) is 4.98 Å². The molecule has 0 unspecified atom stereocenters. The predicted molar refractivity (Wildman–Crippen MR) is 132 cm³/mol. The van der Waals surface area contributed by atoms with E-state index in [9.17, 15) is 26.7 Å². The monoisotopic (exact) mass is 521 g/mol. The summed E-state index contributed by atoms with van der Waals surface area (Å²) in [6, 6.07) is 14.0. The lowest BCUT2D eigenvalue weighted by atomic mass is 9.87. The Morgan fingerprint density at radius 2 is 1.56 bits per heavy atom. The summed E-state index contributed by atoms with van der Waals surface area (Å²) in [5.74, 6) is -0.795. The maximum Gasteiger partial charge on any atom is 0.434 e. The van der Waals surface area contributed by atoms with Gasteiger partial charge < -0.3 is 4.43 Å². The van der Waals surface area contributed by atoms with Crippen LogP contribution < -0.4 is 0 Å². The van der Waals surface area contributed by atoms with E-state index in [0.29, 0.717) is 0 Å². The average Bonchev–Trinajstić information content (AvgIpc) is 2.80. The number of ketones is 1. The first-order valence-corrected chi connectivity index (χ1v) is 14.9. The number of carbonyl (C=O) groups is 1. The summed E-state index contributed by atoms with van der Waals surface area (Å²) >= 11 is 0. The van der Waals surface area contributed by atoms with Crippen LogP contribution in [0.4, 0.5) is 22.0 Å². The molecule has 0 amide bonds. The van der Waals surface area contributed by atoms with Gasteiger partial charge in [0.2, 0.25) is 0 Å². The van der Waals surface area contributed by atoms with E-state index in [1.54, 1.807) is 30.3 Å². The average molecular weight is 522 g/mol. The zero-order valence-corrected chi connectivity index (χ0v) is 21.7. The van der Waals surface area contributed by atoms with Crippen molar-refractivity contribution in [3.8, 4) is 11.1 Å². The number of alkyl halides is 5. The Kier molecular flexibility index (Phi) is 8.15. The van der Waals surface area contributed by atoms with Crippen molar-refractivity contribution in [2.75, 3.05) is 0 Å². The van der Waals surface area contributed by atoms with Crippen molar-refractivity contribution in [1.29, 1.82) is 0 Å².